The smallest absolute Gasteiger partial charge is 0.254 e. The predicted molar refractivity (Wildman–Crippen MR) is 85.5 cm³/mol. The third-order valence-corrected chi connectivity index (χ3v) is 2.99. The van der Waals surface area contributed by atoms with Gasteiger partial charge in [0.1, 0.15) is 0 Å². The maximum absolute atomic E-state index is 11.9. The average molecular weight is 293 g/mol. The molecule has 0 aliphatic heterocycles. The number of carbonyl (C=O) groups is 1. The highest BCUT2D eigenvalue weighted by Crippen LogP contribution is 2.02. The maximum Gasteiger partial charge on any atom is 0.254 e. The van der Waals surface area contributed by atoms with E-state index in [9.17, 15) is 4.79 Å². The third-order valence-electron chi connectivity index (χ3n) is 2.99. The van der Waals surface area contributed by atoms with Crippen LogP contribution in [0.15, 0.2) is 12.4 Å². The van der Waals surface area contributed by atoms with Gasteiger partial charge in [-0.05, 0) is 39.4 Å². The number of hydrogen-bond acceptors (Lipinski definition) is 5. The summed E-state index contributed by atoms with van der Waals surface area (Å²) in [6, 6.07) is 0. The summed E-state index contributed by atoms with van der Waals surface area (Å²) in [6.45, 7) is 6.78. The van der Waals surface area contributed by atoms with E-state index in [1.807, 2.05) is 14.1 Å². The van der Waals surface area contributed by atoms with E-state index in [1.165, 1.54) is 0 Å². The van der Waals surface area contributed by atoms with Gasteiger partial charge in [-0.15, -0.1) is 0 Å². The van der Waals surface area contributed by atoms with Crippen LogP contribution in [0.3, 0.4) is 0 Å². The van der Waals surface area contributed by atoms with Crippen molar-refractivity contribution in [2.45, 2.75) is 26.7 Å². The average Bonchev–Trinajstić information content (AvgIpc) is 2.43. The minimum Gasteiger partial charge on any atom is -0.354 e. The Hall–Kier alpha value is -1.69. The normalized spacial score (nSPS) is 11.0. The highest BCUT2D eigenvalue weighted by atomic mass is 16.1. The van der Waals surface area contributed by atoms with Gasteiger partial charge in [-0.2, -0.15) is 0 Å². The number of carbonyl (C=O) groups excluding carboxylic acids is 1. The van der Waals surface area contributed by atoms with E-state index >= 15 is 0 Å². The van der Waals surface area contributed by atoms with Crippen LogP contribution in [0, 0.1) is 5.92 Å². The molecule has 0 fully saturated rings. The lowest BCUT2D eigenvalue weighted by molar-refractivity contribution is 0.0951. The van der Waals surface area contributed by atoms with Gasteiger partial charge in [0.05, 0.1) is 5.56 Å². The van der Waals surface area contributed by atoms with Gasteiger partial charge in [-0.25, -0.2) is 9.97 Å². The molecule has 2 N–H and O–H groups in total. The van der Waals surface area contributed by atoms with Crippen molar-refractivity contribution in [3.63, 3.8) is 0 Å². The van der Waals surface area contributed by atoms with Crippen LogP contribution in [0.2, 0.25) is 0 Å². The van der Waals surface area contributed by atoms with Gasteiger partial charge in [0.2, 0.25) is 5.95 Å². The van der Waals surface area contributed by atoms with E-state index in [4.69, 9.17) is 0 Å². The highest BCUT2D eigenvalue weighted by molar-refractivity contribution is 5.93. The van der Waals surface area contributed by atoms with Crippen molar-refractivity contribution in [1.82, 2.24) is 20.2 Å². The van der Waals surface area contributed by atoms with Crippen LogP contribution in [-0.2, 0) is 0 Å². The van der Waals surface area contributed by atoms with Crippen LogP contribution in [0.4, 0.5) is 5.95 Å². The standard InChI is InChI=1S/C15H27N5O/c1-12(2)6-8-16-14(21)13-10-18-15(19-11-13)17-7-5-9-20(3)4/h10-12H,5-9H2,1-4H3,(H,16,21)(H,17,18,19). The molecule has 6 nitrogen and oxygen atoms in total. The van der Waals surface area contributed by atoms with Gasteiger partial charge in [0.25, 0.3) is 5.91 Å². The molecular weight excluding hydrogens is 266 g/mol. The Morgan fingerprint density at radius 3 is 2.48 bits per heavy atom. The molecule has 0 aliphatic carbocycles. The van der Waals surface area contributed by atoms with Gasteiger partial charge >= 0.3 is 0 Å². The first-order chi connectivity index (χ1) is 9.99. The molecule has 0 atom stereocenters. The predicted octanol–water partition coefficient (Wildman–Crippen LogP) is 1.62. The van der Waals surface area contributed by atoms with E-state index in [-0.39, 0.29) is 5.91 Å². The zero-order chi connectivity index (χ0) is 15.7. The fourth-order valence-corrected chi connectivity index (χ4v) is 1.71. The SMILES string of the molecule is CC(C)CCNC(=O)c1cnc(NCCCN(C)C)nc1. The lowest BCUT2D eigenvalue weighted by Gasteiger charge is -2.10. The van der Waals surface area contributed by atoms with E-state index in [0.29, 0.717) is 24.0 Å². The van der Waals surface area contributed by atoms with Crippen molar-refractivity contribution < 1.29 is 4.79 Å². The summed E-state index contributed by atoms with van der Waals surface area (Å²) in [6.07, 6.45) is 5.11. The van der Waals surface area contributed by atoms with Crippen molar-refractivity contribution in [1.29, 1.82) is 0 Å². The summed E-state index contributed by atoms with van der Waals surface area (Å²) in [4.78, 5) is 22.3. The largest absolute Gasteiger partial charge is 0.354 e. The van der Waals surface area contributed by atoms with E-state index in [1.54, 1.807) is 12.4 Å². The molecule has 1 aromatic heterocycles. The Morgan fingerprint density at radius 2 is 1.90 bits per heavy atom. The number of aromatic nitrogens is 2. The van der Waals surface area contributed by atoms with Crippen LogP contribution in [0.25, 0.3) is 0 Å². The molecule has 1 heterocycles. The summed E-state index contributed by atoms with van der Waals surface area (Å²) in [5.74, 6) is 1.03. The Morgan fingerprint density at radius 1 is 1.24 bits per heavy atom. The fourth-order valence-electron chi connectivity index (χ4n) is 1.71. The second kappa shape index (κ2) is 9.28. The quantitative estimate of drug-likeness (QED) is 0.677. The molecule has 0 saturated carbocycles. The van der Waals surface area contributed by atoms with Crippen LogP contribution in [0.1, 0.15) is 37.0 Å². The van der Waals surface area contributed by atoms with Crippen molar-refractivity contribution in [3.8, 4) is 0 Å². The Bertz CT molecular complexity index is 417. The minimum atomic E-state index is -0.116. The minimum absolute atomic E-state index is 0.116. The molecule has 0 spiro atoms. The van der Waals surface area contributed by atoms with Gasteiger partial charge in [-0.1, -0.05) is 13.8 Å². The molecule has 118 valence electrons. The fraction of sp³-hybridized carbons (Fsp3) is 0.667. The maximum atomic E-state index is 11.9. The van der Waals surface area contributed by atoms with Crippen LogP contribution >= 0.6 is 0 Å². The second-order valence-electron chi connectivity index (χ2n) is 5.82. The Labute approximate surface area is 127 Å². The summed E-state index contributed by atoms with van der Waals surface area (Å²) in [5.41, 5.74) is 0.498. The number of rotatable bonds is 9. The topological polar surface area (TPSA) is 70.2 Å². The number of nitrogens with one attached hydrogen (secondary N) is 2. The van der Waals surface area contributed by atoms with E-state index < -0.39 is 0 Å². The van der Waals surface area contributed by atoms with E-state index in [0.717, 1.165) is 25.9 Å². The molecule has 0 bridgehead atoms. The number of nitrogens with zero attached hydrogens (tertiary/aromatic N) is 3. The molecule has 0 radical (unpaired) electrons. The lowest BCUT2D eigenvalue weighted by Crippen LogP contribution is -2.25. The first-order valence-corrected chi connectivity index (χ1v) is 7.48. The summed E-state index contributed by atoms with van der Waals surface area (Å²) in [7, 11) is 4.09. The van der Waals surface area contributed by atoms with E-state index in [2.05, 4.69) is 39.3 Å². The summed E-state index contributed by atoms with van der Waals surface area (Å²) < 4.78 is 0. The molecule has 6 heteroatoms. The Kier molecular flexibility index (Phi) is 7.68. The highest BCUT2D eigenvalue weighted by Gasteiger charge is 2.06. The third kappa shape index (κ3) is 7.60. The number of anilines is 1. The summed E-state index contributed by atoms with van der Waals surface area (Å²) >= 11 is 0. The van der Waals surface area contributed by atoms with Crippen LogP contribution in [-0.4, -0.2) is 54.5 Å². The molecule has 0 aliphatic rings. The Balaban J connectivity index is 2.34. The number of amides is 1. The monoisotopic (exact) mass is 293 g/mol. The first-order valence-electron chi connectivity index (χ1n) is 7.48. The van der Waals surface area contributed by atoms with Crippen LogP contribution in [0.5, 0.6) is 0 Å². The molecule has 1 rings (SSSR count). The molecule has 21 heavy (non-hydrogen) atoms. The molecular formula is C15H27N5O. The lowest BCUT2D eigenvalue weighted by atomic mass is 10.1. The van der Waals surface area contributed by atoms with Gasteiger partial charge < -0.3 is 15.5 Å². The molecule has 1 aromatic rings. The number of hydrogen-bond donors (Lipinski definition) is 2. The first kappa shape index (κ1) is 17.4. The van der Waals surface area contributed by atoms with Gasteiger partial charge in [-0.3, -0.25) is 4.79 Å². The van der Waals surface area contributed by atoms with Crippen molar-refractivity contribution in [3.05, 3.63) is 18.0 Å². The van der Waals surface area contributed by atoms with Gasteiger partial charge in [0, 0.05) is 25.5 Å². The van der Waals surface area contributed by atoms with Crippen LogP contribution < -0.4 is 10.6 Å². The molecule has 0 unspecified atom stereocenters. The second-order valence-corrected chi connectivity index (χ2v) is 5.82. The zero-order valence-corrected chi connectivity index (χ0v) is 13.5. The summed E-state index contributed by atoms with van der Waals surface area (Å²) in [5, 5.41) is 6.01. The van der Waals surface area contributed by atoms with Crippen molar-refractivity contribution >= 4 is 11.9 Å². The molecule has 1 amide bonds. The van der Waals surface area contributed by atoms with Gasteiger partial charge in [0.15, 0.2) is 0 Å². The molecule has 0 aromatic carbocycles. The van der Waals surface area contributed by atoms with Crippen molar-refractivity contribution in [2.75, 3.05) is 39.0 Å². The zero-order valence-electron chi connectivity index (χ0n) is 13.5. The molecule has 0 saturated heterocycles. The van der Waals surface area contributed by atoms with Crippen molar-refractivity contribution in [2.24, 2.45) is 5.92 Å².